The van der Waals surface area contributed by atoms with Gasteiger partial charge in [0.25, 0.3) is 0 Å². The van der Waals surface area contributed by atoms with E-state index < -0.39 is 5.97 Å². The molecule has 1 aromatic carbocycles. The van der Waals surface area contributed by atoms with Crippen molar-refractivity contribution in [3.8, 4) is 0 Å². The van der Waals surface area contributed by atoms with Crippen molar-refractivity contribution in [2.24, 2.45) is 0 Å². The van der Waals surface area contributed by atoms with Gasteiger partial charge < -0.3 is 10.4 Å². The number of aromatic carboxylic acids is 1. The average molecular weight is 346 g/mol. The molecule has 1 aromatic heterocycles. The highest BCUT2D eigenvalue weighted by molar-refractivity contribution is 6.35. The van der Waals surface area contributed by atoms with Crippen LogP contribution in [0.4, 0.5) is 5.82 Å². The van der Waals surface area contributed by atoms with E-state index >= 15 is 0 Å². The Kier molecular flexibility index (Phi) is 5.28. The average Bonchev–Trinajstić information content (AvgIpc) is 2.40. The number of hydrogen-bond acceptors (Lipinski definition) is 3. The molecule has 0 bridgehead atoms. The van der Waals surface area contributed by atoms with E-state index in [2.05, 4.69) is 10.3 Å². The minimum absolute atomic E-state index is 0.0852. The van der Waals surface area contributed by atoms with Crippen molar-refractivity contribution < 1.29 is 9.90 Å². The molecule has 0 radical (unpaired) electrons. The van der Waals surface area contributed by atoms with Crippen molar-refractivity contribution in [1.29, 1.82) is 0 Å². The Morgan fingerprint density at radius 1 is 1.19 bits per heavy atom. The minimum Gasteiger partial charge on any atom is -0.478 e. The molecule has 0 aliphatic heterocycles. The van der Waals surface area contributed by atoms with Crippen molar-refractivity contribution in [1.82, 2.24) is 4.98 Å². The summed E-state index contributed by atoms with van der Waals surface area (Å²) in [6.45, 7) is 0.535. The molecule has 2 rings (SSSR count). The van der Waals surface area contributed by atoms with Crippen LogP contribution in [-0.2, 0) is 6.42 Å². The number of rotatable bonds is 5. The van der Waals surface area contributed by atoms with Crippen molar-refractivity contribution in [2.45, 2.75) is 6.42 Å². The first-order valence-electron chi connectivity index (χ1n) is 6.04. The molecule has 2 N–H and O–H groups in total. The molecule has 0 spiro atoms. The molecular formula is C14H11Cl3N2O2. The number of hydrogen-bond donors (Lipinski definition) is 2. The molecule has 0 atom stereocenters. The van der Waals surface area contributed by atoms with Gasteiger partial charge >= 0.3 is 5.97 Å². The normalized spacial score (nSPS) is 10.4. The summed E-state index contributed by atoms with van der Waals surface area (Å²) in [5.74, 6) is -0.645. The number of halogens is 3. The first kappa shape index (κ1) is 15.9. The fourth-order valence-corrected chi connectivity index (χ4v) is 2.47. The van der Waals surface area contributed by atoms with Gasteiger partial charge in [0, 0.05) is 16.6 Å². The monoisotopic (exact) mass is 344 g/mol. The molecule has 0 unspecified atom stereocenters. The Labute approximate surface area is 136 Å². The van der Waals surface area contributed by atoms with E-state index in [1.807, 2.05) is 6.07 Å². The molecule has 110 valence electrons. The summed E-state index contributed by atoms with van der Waals surface area (Å²) >= 11 is 17.7. The fourth-order valence-electron chi connectivity index (χ4n) is 1.76. The molecule has 21 heavy (non-hydrogen) atoms. The van der Waals surface area contributed by atoms with Crippen molar-refractivity contribution in [2.75, 3.05) is 11.9 Å². The standard InChI is InChI=1S/C14H11Cl3N2O2/c15-10-2-1-8(11(16)7-10)3-4-18-13-6-9(14(20)21)5-12(17)19-13/h1-2,5-7H,3-4H2,(H,18,19)(H,20,21). The van der Waals surface area contributed by atoms with Gasteiger partial charge in [0.2, 0.25) is 0 Å². The van der Waals surface area contributed by atoms with Gasteiger partial charge in [-0.15, -0.1) is 0 Å². The van der Waals surface area contributed by atoms with Gasteiger partial charge in [0.15, 0.2) is 0 Å². The third-order valence-corrected chi connectivity index (χ3v) is 3.54. The number of pyridine rings is 1. The van der Waals surface area contributed by atoms with Gasteiger partial charge in [0.05, 0.1) is 5.56 Å². The van der Waals surface area contributed by atoms with Crippen LogP contribution in [0.2, 0.25) is 15.2 Å². The number of nitrogens with zero attached hydrogens (tertiary/aromatic N) is 1. The second-order valence-electron chi connectivity index (χ2n) is 4.28. The van der Waals surface area contributed by atoms with E-state index in [0.29, 0.717) is 28.8 Å². The van der Waals surface area contributed by atoms with Crippen LogP contribution in [0.3, 0.4) is 0 Å². The number of benzene rings is 1. The van der Waals surface area contributed by atoms with E-state index in [4.69, 9.17) is 39.9 Å². The van der Waals surface area contributed by atoms with Gasteiger partial charge in [-0.2, -0.15) is 0 Å². The summed E-state index contributed by atoms with van der Waals surface area (Å²) in [4.78, 5) is 15.0. The third kappa shape index (κ3) is 4.49. The van der Waals surface area contributed by atoms with Crippen LogP contribution in [0.1, 0.15) is 15.9 Å². The van der Waals surface area contributed by atoms with E-state index in [-0.39, 0.29) is 10.7 Å². The van der Waals surface area contributed by atoms with Gasteiger partial charge in [-0.25, -0.2) is 9.78 Å². The van der Waals surface area contributed by atoms with Gasteiger partial charge in [-0.3, -0.25) is 0 Å². The highest BCUT2D eigenvalue weighted by Crippen LogP contribution is 2.21. The highest BCUT2D eigenvalue weighted by atomic mass is 35.5. The summed E-state index contributed by atoms with van der Waals surface area (Å²) in [6.07, 6.45) is 0.645. The third-order valence-electron chi connectivity index (χ3n) is 2.76. The topological polar surface area (TPSA) is 62.2 Å². The quantitative estimate of drug-likeness (QED) is 0.789. The largest absolute Gasteiger partial charge is 0.478 e. The summed E-state index contributed by atoms with van der Waals surface area (Å²) in [5.41, 5.74) is 1.02. The molecule has 4 nitrogen and oxygen atoms in total. The van der Waals surface area contributed by atoms with Gasteiger partial charge in [0.1, 0.15) is 11.0 Å². The molecule has 0 aliphatic carbocycles. The maximum Gasteiger partial charge on any atom is 0.335 e. The van der Waals surface area contributed by atoms with Gasteiger partial charge in [-0.05, 0) is 36.2 Å². The number of aromatic nitrogens is 1. The SMILES string of the molecule is O=C(O)c1cc(Cl)nc(NCCc2ccc(Cl)cc2Cl)c1. The lowest BCUT2D eigenvalue weighted by atomic mass is 10.1. The second-order valence-corrected chi connectivity index (χ2v) is 5.51. The van der Waals surface area contributed by atoms with Crippen molar-refractivity contribution in [3.05, 3.63) is 56.7 Å². The Balaban J connectivity index is 2.01. The lowest BCUT2D eigenvalue weighted by Crippen LogP contribution is -2.08. The number of carboxylic acids is 1. The maximum atomic E-state index is 10.9. The summed E-state index contributed by atoms with van der Waals surface area (Å²) in [7, 11) is 0. The predicted molar refractivity (Wildman–Crippen MR) is 84.9 cm³/mol. The van der Waals surface area contributed by atoms with Crippen molar-refractivity contribution in [3.63, 3.8) is 0 Å². The Bertz CT molecular complexity index is 677. The fraction of sp³-hybridized carbons (Fsp3) is 0.143. The van der Waals surface area contributed by atoms with Crippen LogP contribution < -0.4 is 5.32 Å². The summed E-state index contributed by atoms with van der Waals surface area (Å²) in [6, 6.07) is 8.02. The lowest BCUT2D eigenvalue weighted by molar-refractivity contribution is 0.0697. The molecule has 0 aliphatic rings. The van der Waals surface area contributed by atoms with Crippen LogP contribution in [-0.4, -0.2) is 22.6 Å². The zero-order valence-electron chi connectivity index (χ0n) is 10.7. The molecule has 7 heteroatoms. The zero-order chi connectivity index (χ0) is 15.4. The molecule has 0 fully saturated rings. The molecule has 0 saturated heterocycles. The zero-order valence-corrected chi connectivity index (χ0v) is 13.0. The van der Waals surface area contributed by atoms with Crippen LogP contribution >= 0.6 is 34.8 Å². The maximum absolute atomic E-state index is 10.9. The predicted octanol–water partition coefficient (Wildman–Crippen LogP) is 4.39. The number of carbonyl (C=O) groups is 1. The molecular weight excluding hydrogens is 335 g/mol. The number of carboxylic acid groups (broad SMARTS) is 1. The van der Waals surface area contributed by atoms with Crippen LogP contribution in [0.15, 0.2) is 30.3 Å². The first-order chi connectivity index (χ1) is 9.95. The highest BCUT2D eigenvalue weighted by Gasteiger charge is 2.07. The smallest absolute Gasteiger partial charge is 0.335 e. The number of anilines is 1. The number of nitrogens with one attached hydrogen (secondary N) is 1. The summed E-state index contributed by atoms with van der Waals surface area (Å²) < 4.78 is 0. The molecule has 2 aromatic rings. The molecule has 1 heterocycles. The van der Waals surface area contributed by atoms with E-state index in [1.165, 1.54) is 12.1 Å². The Morgan fingerprint density at radius 2 is 1.95 bits per heavy atom. The van der Waals surface area contributed by atoms with E-state index in [1.54, 1.807) is 12.1 Å². The van der Waals surface area contributed by atoms with Crippen LogP contribution in [0, 0.1) is 0 Å². The second kappa shape index (κ2) is 6.98. The van der Waals surface area contributed by atoms with Gasteiger partial charge in [-0.1, -0.05) is 40.9 Å². The summed E-state index contributed by atoms with van der Waals surface area (Å²) in [5, 5.41) is 13.3. The molecule has 0 saturated carbocycles. The van der Waals surface area contributed by atoms with Crippen molar-refractivity contribution >= 4 is 46.6 Å². The Morgan fingerprint density at radius 3 is 2.62 bits per heavy atom. The molecule has 0 amide bonds. The van der Waals surface area contributed by atoms with Crippen LogP contribution in [0.25, 0.3) is 0 Å². The van der Waals surface area contributed by atoms with E-state index in [9.17, 15) is 4.79 Å². The lowest BCUT2D eigenvalue weighted by Gasteiger charge is -2.08. The first-order valence-corrected chi connectivity index (χ1v) is 7.18. The van der Waals surface area contributed by atoms with E-state index in [0.717, 1.165) is 5.56 Å². The Hall–Kier alpha value is -1.49. The minimum atomic E-state index is -1.05. The van der Waals surface area contributed by atoms with Crippen LogP contribution in [0.5, 0.6) is 0 Å².